The standard InChI is InChI=1S/C12H12Cl2N2O3S/c13-12(14)9-7-8(3-4-10(9)15-11(12)17)20(18,19)16-5-1-2-6-16/h3-4,7H,1-2,5-6H2,(H,15,17). The highest BCUT2D eigenvalue weighted by Crippen LogP contribution is 2.45. The van der Waals surface area contributed by atoms with Crippen molar-refractivity contribution in [1.29, 1.82) is 0 Å². The monoisotopic (exact) mass is 334 g/mol. The number of nitrogens with one attached hydrogen (secondary N) is 1. The molecule has 20 heavy (non-hydrogen) atoms. The van der Waals surface area contributed by atoms with Crippen molar-refractivity contribution in [3.63, 3.8) is 0 Å². The molecule has 2 aliphatic heterocycles. The third-order valence-electron chi connectivity index (χ3n) is 3.57. The molecule has 0 saturated carbocycles. The van der Waals surface area contributed by atoms with Crippen LogP contribution in [0.1, 0.15) is 18.4 Å². The van der Waals surface area contributed by atoms with Crippen LogP contribution in [0.2, 0.25) is 0 Å². The Labute approximate surface area is 126 Å². The minimum absolute atomic E-state index is 0.111. The molecule has 1 aromatic carbocycles. The lowest BCUT2D eigenvalue weighted by Gasteiger charge is -2.17. The van der Waals surface area contributed by atoms with Gasteiger partial charge in [-0.2, -0.15) is 4.31 Å². The van der Waals surface area contributed by atoms with Crippen molar-refractivity contribution in [2.45, 2.75) is 22.1 Å². The van der Waals surface area contributed by atoms with Gasteiger partial charge in [0.1, 0.15) is 0 Å². The van der Waals surface area contributed by atoms with Gasteiger partial charge >= 0.3 is 0 Å². The van der Waals surface area contributed by atoms with Crippen molar-refractivity contribution in [2.75, 3.05) is 18.4 Å². The Morgan fingerprint density at radius 1 is 1.20 bits per heavy atom. The van der Waals surface area contributed by atoms with Crippen LogP contribution in [0, 0.1) is 0 Å². The molecule has 2 heterocycles. The second-order valence-corrected chi connectivity index (χ2v) is 8.11. The first-order valence-corrected chi connectivity index (χ1v) is 8.37. The highest BCUT2D eigenvalue weighted by molar-refractivity contribution is 7.89. The number of hydrogen-bond acceptors (Lipinski definition) is 3. The maximum Gasteiger partial charge on any atom is 0.265 e. The van der Waals surface area contributed by atoms with Crippen molar-refractivity contribution >= 4 is 44.8 Å². The Bertz CT molecular complexity index is 682. The van der Waals surface area contributed by atoms with Crippen LogP contribution in [-0.4, -0.2) is 31.7 Å². The van der Waals surface area contributed by atoms with Gasteiger partial charge < -0.3 is 5.32 Å². The molecule has 0 bridgehead atoms. The zero-order chi connectivity index (χ0) is 14.5. The van der Waals surface area contributed by atoms with Crippen LogP contribution in [0.15, 0.2) is 23.1 Å². The molecule has 1 aromatic rings. The molecule has 0 aliphatic carbocycles. The molecule has 3 rings (SSSR count). The summed E-state index contributed by atoms with van der Waals surface area (Å²) in [5.74, 6) is -0.563. The fourth-order valence-electron chi connectivity index (χ4n) is 2.45. The molecule has 108 valence electrons. The maximum absolute atomic E-state index is 12.5. The minimum atomic E-state index is -3.55. The smallest absolute Gasteiger partial charge is 0.265 e. The van der Waals surface area contributed by atoms with Gasteiger partial charge in [-0.25, -0.2) is 8.42 Å². The Morgan fingerprint density at radius 3 is 2.50 bits per heavy atom. The van der Waals surface area contributed by atoms with Gasteiger partial charge in [0.2, 0.25) is 14.4 Å². The summed E-state index contributed by atoms with van der Waals surface area (Å²) in [6.45, 7) is 1.03. The second-order valence-electron chi connectivity index (χ2n) is 4.85. The van der Waals surface area contributed by atoms with E-state index in [-0.39, 0.29) is 10.5 Å². The number of nitrogens with zero attached hydrogens (tertiary/aromatic N) is 1. The molecule has 0 aromatic heterocycles. The van der Waals surface area contributed by atoms with E-state index < -0.39 is 20.3 Å². The van der Waals surface area contributed by atoms with Gasteiger partial charge in [0, 0.05) is 24.3 Å². The largest absolute Gasteiger partial charge is 0.323 e. The molecule has 8 heteroatoms. The third kappa shape index (κ3) is 2.02. The summed E-state index contributed by atoms with van der Waals surface area (Å²) in [7, 11) is -3.55. The average molecular weight is 335 g/mol. The second kappa shape index (κ2) is 4.59. The summed E-state index contributed by atoms with van der Waals surface area (Å²) < 4.78 is 24.6. The molecule has 5 nitrogen and oxygen atoms in total. The summed E-state index contributed by atoms with van der Waals surface area (Å²) >= 11 is 12.0. The Morgan fingerprint density at radius 2 is 1.85 bits per heavy atom. The number of halogens is 2. The zero-order valence-electron chi connectivity index (χ0n) is 10.4. The summed E-state index contributed by atoms with van der Waals surface area (Å²) in [5.41, 5.74) is 0.728. The van der Waals surface area contributed by atoms with Crippen molar-refractivity contribution in [2.24, 2.45) is 0 Å². The molecule has 0 radical (unpaired) electrons. The van der Waals surface area contributed by atoms with Gasteiger partial charge in [-0.3, -0.25) is 4.79 Å². The number of benzene rings is 1. The van der Waals surface area contributed by atoms with Gasteiger partial charge in [0.25, 0.3) is 5.91 Å². The first-order valence-electron chi connectivity index (χ1n) is 6.17. The highest BCUT2D eigenvalue weighted by Gasteiger charge is 2.44. The molecule has 0 spiro atoms. The van der Waals surface area contributed by atoms with Crippen LogP contribution in [0.4, 0.5) is 5.69 Å². The van der Waals surface area contributed by atoms with Crippen molar-refractivity contribution < 1.29 is 13.2 Å². The molecule has 2 aliphatic rings. The number of amides is 1. The molecule has 1 amide bonds. The molecule has 0 atom stereocenters. The minimum Gasteiger partial charge on any atom is -0.323 e. The van der Waals surface area contributed by atoms with Gasteiger partial charge in [-0.15, -0.1) is 0 Å². The number of rotatable bonds is 2. The van der Waals surface area contributed by atoms with Crippen LogP contribution in [0.3, 0.4) is 0 Å². The lowest BCUT2D eigenvalue weighted by atomic mass is 10.1. The summed E-state index contributed by atoms with van der Waals surface area (Å²) in [6, 6.07) is 4.35. The summed E-state index contributed by atoms with van der Waals surface area (Å²) in [5, 5.41) is 2.52. The van der Waals surface area contributed by atoms with E-state index in [0.717, 1.165) is 12.8 Å². The van der Waals surface area contributed by atoms with E-state index >= 15 is 0 Å². The molecule has 0 unspecified atom stereocenters. The first kappa shape index (κ1) is 14.1. The number of anilines is 1. The Balaban J connectivity index is 2.06. The fraction of sp³-hybridized carbons (Fsp3) is 0.417. The Kier molecular flexibility index (Phi) is 3.25. The van der Waals surface area contributed by atoms with Gasteiger partial charge in [0.05, 0.1) is 4.90 Å². The zero-order valence-corrected chi connectivity index (χ0v) is 12.7. The van der Waals surface area contributed by atoms with Gasteiger partial charge in [-0.05, 0) is 31.0 Å². The number of carbonyl (C=O) groups excluding carboxylic acids is 1. The Hall–Kier alpha value is -0.820. The first-order chi connectivity index (χ1) is 9.33. The van der Waals surface area contributed by atoms with E-state index in [4.69, 9.17) is 23.2 Å². The summed E-state index contributed by atoms with van der Waals surface area (Å²) in [6.07, 6.45) is 1.72. The molecule has 1 fully saturated rings. The van der Waals surface area contributed by atoms with E-state index in [9.17, 15) is 13.2 Å². The van der Waals surface area contributed by atoms with Crippen LogP contribution >= 0.6 is 23.2 Å². The predicted octanol–water partition coefficient (Wildman–Crippen LogP) is 2.05. The van der Waals surface area contributed by atoms with Gasteiger partial charge in [-0.1, -0.05) is 23.2 Å². The number of hydrogen-bond donors (Lipinski definition) is 1. The molecular formula is C12H12Cl2N2O3S. The number of sulfonamides is 1. The quantitative estimate of drug-likeness (QED) is 0.842. The summed E-state index contributed by atoms with van der Waals surface area (Å²) in [4.78, 5) is 11.7. The van der Waals surface area contributed by atoms with E-state index in [1.54, 1.807) is 0 Å². The van der Waals surface area contributed by atoms with Crippen LogP contribution in [0.25, 0.3) is 0 Å². The van der Waals surface area contributed by atoms with Crippen molar-refractivity contribution in [3.05, 3.63) is 23.8 Å². The predicted molar refractivity (Wildman–Crippen MR) is 76.4 cm³/mol. The topological polar surface area (TPSA) is 66.5 Å². The van der Waals surface area contributed by atoms with E-state index in [0.29, 0.717) is 18.8 Å². The van der Waals surface area contributed by atoms with E-state index in [1.807, 2.05) is 0 Å². The third-order valence-corrected chi connectivity index (χ3v) is 6.21. The molecular weight excluding hydrogens is 323 g/mol. The van der Waals surface area contributed by atoms with E-state index in [1.165, 1.54) is 22.5 Å². The lowest BCUT2D eigenvalue weighted by molar-refractivity contribution is -0.116. The maximum atomic E-state index is 12.5. The molecule has 1 saturated heterocycles. The van der Waals surface area contributed by atoms with Gasteiger partial charge in [0.15, 0.2) is 0 Å². The SMILES string of the molecule is O=C1Nc2ccc(S(=O)(=O)N3CCCC3)cc2C1(Cl)Cl. The van der Waals surface area contributed by atoms with Crippen LogP contribution in [0.5, 0.6) is 0 Å². The number of carbonyl (C=O) groups is 1. The lowest BCUT2D eigenvalue weighted by Crippen LogP contribution is -2.28. The van der Waals surface area contributed by atoms with Crippen molar-refractivity contribution in [1.82, 2.24) is 4.31 Å². The highest BCUT2D eigenvalue weighted by atomic mass is 35.5. The molecule has 1 N–H and O–H groups in total. The van der Waals surface area contributed by atoms with Crippen LogP contribution in [-0.2, 0) is 19.2 Å². The fourth-order valence-corrected chi connectivity index (χ4v) is 4.40. The van der Waals surface area contributed by atoms with Crippen LogP contribution < -0.4 is 5.32 Å². The average Bonchev–Trinajstić information content (AvgIpc) is 2.99. The normalized spacial score (nSPS) is 21.8. The van der Waals surface area contributed by atoms with Crippen molar-refractivity contribution in [3.8, 4) is 0 Å². The van der Waals surface area contributed by atoms with E-state index in [2.05, 4.69) is 5.32 Å². The number of alkyl halides is 2. The number of fused-ring (bicyclic) bond motifs is 1.